The van der Waals surface area contributed by atoms with Crippen LogP contribution in [0.15, 0.2) is 93.0 Å². The number of halogens is 1. The third-order valence-corrected chi connectivity index (χ3v) is 6.71. The van der Waals surface area contributed by atoms with Crippen LogP contribution in [0, 0.1) is 0 Å². The van der Waals surface area contributed by atoms with E-state index in [1.54, 1.807) is 23.2 Å². The molecule has 0 radical (unpaired) electrons. The summed E-state index contributed by atoms with van der Waals surface area (Å²) in [5, 5.41) is 8.95. The van der Waals surface area contributed by atoms with Crippen molar-refractivity contribution in [1.82, 2.24) is 0 Å². The second-order valence-corrected chi connectivity index (χ2v) is 9.70. The van der Waals surface area contributed by atoms with Gasteiger partial charge in [0, 0.05) is 10.1 Å². The Hall–Kier alpha value is -4.31. The van der Waals surface area contributed by atoms with E-state index in [1.165, 1.54) is 30.2 Å². The van der Waals surface area contributed by atoms with Crippen molar-refractivity contribution in [1.29, 1.82) is 0 Å². The zero-order chi connectivity index (χ0) is 26.9. The molecule has 1 atom stereocenters. The number of aryl methyl sites for hydroxylation is 1. The molecule has 1 amide bonds. The second-order valence-electron chi connectivity index (χ2n) is 8.39. The van der Waals surface area contributed by atoms with Gasteiger partial charge in [0.25, 0.3) is 0 Å². The SMILES string of the molecule is CCCc1ccccc1N1C(=O)C(C)S/C1=N\N=C\c1ccc(C(N)=NC=Nc2ccc(OF)cc2)cc1. The first-order chi connectivity index (χ1) is 18.5. The van der Waals surface area contributed by atoms with Crippen LogP contribution in [0.3, 0.4) is 0 Å². The van der Waals surface area contributed by atoms with Crippen molar-refractivity contribution in [2.24, 2.45) is 25.9 Å². The van der Waals surface area contributed by atoms with Gasteiger partial charge in [-0.2, -0.15) is 5.10 Å². The van der Waals surface area contributed by atoms with E-state index in [2.05, 4.69) is 32.1 Å². The lowest BCUT2D eigenvalue weighted by molar-refractivity contribution is -0.116. The molecule has 8 nitrogen and oxygen atoms in total. The van der Waals surface area contributed by atoms with Crippen LogP contribution < -0.4 is 15.6 Å². The minimum atomic E-state index is -0.229. The Morgan fingerprint density at radius 1 is 1.11 bits per heavy atom. The number of aliphatic imine (C=N–C) groups is 2. The molecule has 1 heterocycles. The number of nitrogens with two attached hydrogens (primary N) is 1. The molecule has 10 heteroatoms. The third-order valence-electron chi connectivity index (χ3n) is 5.68. The van der Waals surface area contributed by atoms with E-state index in [0.717, 1.165) is 29.7 Å². The number of rotatable bonds is 9. The number of thioether (sulfide) groups is 1. The normalized spacial score (nSPS) is 17.3. The van der Waals surface area contributed by atoms with Crippen molar-refractivity contribution < 1.29 is 14.3 Å². The van der Waals surface area contributed by atoms with Gasteiger partial charge in [0.1, 0.15) is 12.2 Å². The van der Waals surface area contributed by atoms with Crippen LogP contribution in [-0.2, 0) is 11.2 Å². The predicted octanol–water partition coefficient (Wildman–Crippen LogP) is 5.83. The van der Waals surface area contributed by atoms with Gasteiger partial charge in [-0.25, -0.2) is 9.98 Å². The number of anilines is 1. The maximum absolute atomic E-state index is 12.9. The standard InChI is InChI=1S/C28H27FN6O2S/c1-3-6-21-7-4-5-8-25(21)35-27(36)19(2)38-28(35)34-33-17-20-9-11-22(12-10-20)26(30)32-18-31-23-13-15-24(37-29)16-14-23/h4-5,7-19H,3,6H2,1-2H3,(H2,30,31,32)/b33-17+,34-28-. The summed E-state index contributed by atoms with van der Waals surface area (Å²) in [6.07, 6.45) is 4.82. The molecule has 2 N–H and O–H groups in total. The van der Waals surface area contributed by atoms with Crippen molar-refractivity contribution in [2.75, 3.05) is 4.90 Å². The fourth-order valence-corrected chi connectivity index (χ4v) is 4.65. The molecule has 0 aromatic heterocycles. The topological polar surface area (TPSA) is 105 Å². The molecule has 3 aromatic rings. The van der Waals surface area contributed by atoms with E-state index < -0.39 is 0 Å². The maximum atomic E-state index is 12.9. The average molecular weight is 531 g/mol. The Bertz CT molecular complexity index is 1390. The van der Waals surface area contributed by atoms with Crippen molar-refractivity contribution in [3.63, 3.8) is 0 Å². The number of carbonyl (C=O) groups is 1. The van der Waals surface area contributed by atoms with Crippen LogP contribution in [-0.4, -0.2) is 34.7 Å². The molecular weight excluding hydrogens is 503 g/mol. The third kappa shape index (κ3) is 6.51. The van der Waals surface area contributed by atoms with Gasteiger partial charge < -0.3 is 5.73 Å². The monoisotopic (exact) mass is 530 g/mol. The van der Waals surface area contributed by atoms with Crippen LogP contribution in [0.4, 0.5) is 15.9 Å². The van der Waals surface area contributed by atoms with Crippen molar-refractivity contribution in [3.05, 3.63) is 89.5 Å². The summed E-state index contributed by atoms with van der Waals surface area (Å²) in [5.41, 5.74) is 10.1. The van der Waals surface area contributed by atoms with Crippen LogP contribution >= 0.6 is 11.8 Å². The van der Waals surface area contributed by atoms with Crippen molar-refractivity contribution >= 4 is 52.6 Å². The summed E-state index contributed by atoms with van der Waals surface area (Å²) in [5.74, 6) is 0.389. The lowest BCUT2D eigenvalue weighted by atomic mass is 10.1. The Kier molecular flexibility index (Phi) is 8.99. The molecule has 1 unspecified atom stereocenters. The minimum absolute atomic E-state index is 0.000878. The molecule has 1 aliphatic rings. The Labute approximate surface area is 224 Å². The Morgan fingerprint density at radius 3 is 2.55 bits per heavy atom. The molecule has 1 saturated heterocycles. The summed E-state index contributed by atoms with van der Waals surface area (Å²) in [7, 11) is 0. The van der Waals surface area contributed by atoms with Crippen LogP contribution in [0.25, 0.3) is 0 Å². The van der Waals surface area contributed by atoms with Gasteiger partial charge in [-0.1, -0.05) is 67.6 Å². The van der Waals surface area contributed by atoms with Gasteiger partial charge in [0.05, 0.1) is 22.8 Å². The molecule has 4 rings (SSSR count). The number of para-hydroxylation sites is 1. The van der Waals surface area contributed by atoms with Crippen molar-refractivity contribution in [2.45, 2.75) is 31.9 Å². The highest BCUT2D eigenvalue weighted by Crippen LogP contribution is 2.34. The summed E-state index contributed by atoms with van der Waals surface area (Å²) < 4.78 is 12.1. The molecule has 0 bridgehead atoms. The van der Waals surface area contributed by atoms with Crippen molar-refractivity contribution in [3.8, 4) is 5.75 Å². The van der Waals surface area contributed by atoms with E-state index in [4.69, 9.17) is 5.73 Å². The van der Waals surface area contributed by atoms with Crippen LogP contribution in [0.5, 0.6) is 5.75 Å². The number of hydrogen-bond donors (Lipinski definition) is 1. The number of amides is 1. The van der Waals surface area contributed by atoms with Gasteiger partial charge in [-0.3, -0.25) is 14.6 Å². The molecular formula is C28H27FN6O2S. The highest BCUT2D eigenvalue weighted by Gasteiger charge is 2.37. The van der Waals surface area contributed by atoms with Gasteiger partial charge in [-0.05, 0) is 54.8 Å². The van der Waals surface area contributed by atoms with E-state index in [9.17, 15) is 9.32 Å². The summed E-state index contributed by atoms with van der Waals surface area (Å²) in [6, 6.07) is 21.3. The lowest BCUT2D eigenvalue weighted by Crippen LogP contribution is -2.32. The fourth-order valence-electron chi connectivity index (χ4n) is 3.74. The quantitative estimate of drug-likeness (QED) is 0.214. The molecule has 3 aromatic carbocycles. The molecule has 38 heavy (non-hydrogen) atoms. The highest BCUT2D eigenvalue weighted by atomic mass is 32.2. The van der Waals surface area contributed by atoms with E-state index in [1.807, 2.05) is 55.5 Å². The number of hydrogen-bond acceptors (Lipinski definition) is 6. The minimum Gasteiger partial charge on any atom is -0.383 e. The first-order valence-corrected chi connectivity index (χ1v) is 12.9. The largest absolute Gasteiger partial charge is 0.383 e. The number of amidine groups is 2. The molecule has 1 fully saturated rings. The highest BCUT2D eigenvalue weighted by molar-refractivity contribution is 8.16. The Balaban J connectivity index is 1.44. The maximum Gasteiger partial charge on any atom is 0.246 e. The number of carbonyl (C=O) groups excluding carboxylic acids is 1. The smallest absolute Gasteiger partial charge is 0.246 e. The molecule has 194 valence electrons. The number of benzene rings is 3. The van der Waals surface area contributed by atoms with Gasteiger partial charge in [0.2, 0.25) is 5.91 Å². The van der Waals surface area contributed by atoms with Gasteiger partial charge in [0.15, 0.2) is 10.9 Å². The average Bonchev–Trinajstić information content (AvgIpc) is 3.22. The molecule has 0 aliphatic carbocycles. The summed E-state index contributed by atoms with van der Waals surface area (Å²) in [6.45, 7) is 3.99. The van der Waals surface area contributed by atoms with Crippen LogP contribution in [0.2, 0.25) is 0 Å². The first-order valence-electron chi connectivity index (χ1n) is 12.0. The summed E-state index contributed by atoms with van der Waals surface area (Å²) in [4.78, 5) is 26.5. The zero-order valence-electron chi connectivity index (χ0n) is 21.0. The molecule has 0 saturated carbocycles. The number of nitrogens with zero attached hydrogens (tertiary/aromatic N) is 5. The van der Waals surface area contributed by atoms with E-state index in [0.29, 0.717) is 16.4 Å². The summed E-state index contributed by atoms with van der Waals surface area (Å²) >= 11 is 1.40. The fraction of sp³-hybridized carbons (Fsp3) is 0.179. The van der Waals surface area contributed by atoms with Crippen LogP contribution in [0.1, 0.15) is 37.0 Å². The van der Waals surface area contributed by atoms with E-state index >= 15 is 0 Å². The molecule has 0 spiro atoms. The Morgan fingerprint density at radius 2 is 1.84 bits per heavy atom. The lowest BCUT2D eigenvalue weighted by Gasteiger charge is -2.19. The van der Waals surface area contributed by atoms with Gasteiger partial charge in [-0.15, -0.1) is 5.10 Å². The first kappa shape index (κ1) is 26.7. The van der Waals surface area contributed by atoms with E-state index in [-0.39, 0.29) is 22.7 Å². The second kappa shape index (κ2) is 12.8. The van der Waals surface area contributed by atoms with Gasteiger partial charge >= 0.3 is 0 Å². The predicted molar refractivity (Wildman–Crippen MR) is 154 cm³/mol. The zero-order valence-corrected chi connectivity index (χ0v) is 21.8. The molecule has 1 aliphatic heterocycles.